The maximum atomic E-state index is 8.55. The molecule has 112 valence electrons. The Bertz CT molecular complexity index is 133. The second-order valence-electron chi connectivity index (χ2n) is 0.894. The zero-order valence-corrected chi connectivity index (χ0v) is 17.7. The van der Waals surface area contributed by atoms with Crippen LogP contribution < -0.4 is 29.4 Å². The molecule has 14 nitrogen and oxygen atoms in total. The molecule has 0 saturated heterocycles. The monoisotopic (exact) mass is 418 g/mol. The summed E-state index contributed by atoms with van der Waals surface area (Å²) < 4.78 is 17.1. The van der Waals surface area contributed by atoms with Gasteiger partial charge in [0.1, 0.15) is 0 Å². The molecule has 12 N–H and O–H groups in total. The normalized spacial score (nSPS) is 6.21. The van der Waals surface area contributed by atoms with E-state index < -0.39 is 15.6 Å². The number of rotatable bonds is 0. The SMILES string of the molecule is O.O.O.O.O.O.O=P([O-])([O-])[O-].O=P([O-])([O-])[O-].[Ca+2].[Ca+2].[Ca+2]. The van der Waals surface area contributed by atoms with Crippen LogP contribution in [0.3, 0.4) is 0 Å². The zero-order chi connectivity index (χ0) is 9.00. The van der Waals surface area contributed by atoms with Crippen LogP contribution in [0.4, 0.5) is 0 Å². The van der Waals surface area contributed by atoms with Gasteiger partial charge in [-0.2, -0.15) is 15.6 Å². The summed E-state index contributed by atoms with van der Waals surface area (Å²) in [5, 5.41) is 0. The third-order valence-electron chi connectivity index (χ3n) is 0. The molecular weight excluding hydrogens is 406 g/mol. The Morgan fingerprint density at radius 2 is 0.421 bits per heavy atom. The molecule has 0 bridgehead atoms. The number of hydrogen-bond donors (Lipinski definition) is 0. The molecule has 0 aliphatic carbocycles. The fourth-order valence-corrected chi connectivity index (χ4v) is 0. The number of phosphoric acid groups is 2. The Kier molecular flexibility index (Phi) is 155. The summed E-state index contributed by atoms with van der Waals surface area (Å²) in [7, 11) is -10.8. The second kappa shape index (κ2) is 37.8. The average Bonchev–Trinajstić information content (AvgIpc) is 1.12. The van der Waals surface area contributed by atoms with Crippen molar-refractivity contribution < 1.29 is 71.3 Å². The summed E-state index contributed by atoms with van der Waals surface area (Å²) >= 11 is 0. The molecule has 0 atom stereocenters. The third kappa shape index (κ3) is 601. The van der Waals surface area contributed by atoms with Crippen molar-refractivity contribution in [1.29, 1.82) is 0 Å². The van der Waals surface area contributed by atoms with Crippen molar-refractivity contribution in [2.45, 2.75) is 0 Å². The van der Waals surface area contributed by atoms with Gasteiger partial charge < -0.3 is 71.3 Å². The van der Waals surface area contributed by atoms with Gasteiger partial charge in [-0.15, -0.1) is 0 Å². The van der Waals surface area contributed by atoms with E-state index in [1.54, 1.807) is 0 Å². The van der Waals surface area contributed by atoms with Crippen LogP contribution in [0.15, 0.2) is 0 Å². The van der Waals surface area contributed by atoms with E-state index in [0.29, 0.717) is 0 Å². The van der Waals surface area contributed by atoms with Crippen molar-refractivity contribution in [1.82, 2.24) is 0 Å². The molecule has 0 saturated carbocycles. The van der Waals surface area contributed by atoms with Crippen molar-refractivity contribution in [3.63, 3.8) is 0 Å². The minimum absolute atomic E-state index is 0. The molecule has 0 aliphatic heterocycles. The first-order valence-electron chi connectivity index (χ1n) is 1.46. The van der Waals surface area contributed by atoms with Crippen LogP contribution in [0.1, 0.15) is 0 Å². The predicted octanol–water partition coefficient (Wildman–Crippen LogP) is -11.7. The van der Waals surface area contributed by atoms with E-state index in [0.717, 1.165) is 0 Å². The maximum absolute atomic E-state index is 8.55. The van der Waals surface area contributed by atoms with E-state index in [2.05, 4.69) is 0 Å². The molecule has 0 heterocycles. The van der Waals surface area contributed by atoms with E-state index in [1.165, 1.54) is 0 Å². The van der Waals surface area contributed by atoms with E-state index in [-0.39, 0.29) is 146 Å². The van der Waals surface area contributed by atoms with Gasteiger partial charge in [0.05, 0.1) is 0 Å². The molecule has 0 aromatic heterocycles. The summed E-state index contributed by atoms with van der Waals surface area (Å²) in [6.07, 6.45) is 0. The zero-order valence-electron chi connectivity index (χ0n) is 9.28. The van der Waals surface area contributed by atoms with E-state index in [4.69, 9.17) is 38.5 Å². The van der Waals surface area contributed by atoms with Crippen molar-refractivity contribution in [2.75, 3.05) is 0 Å². The van der Waals surface area contributed by atoms with Crippen molar-refractivity contribution in [3.8, 4) is 0 Å². The first kappa shape index (κ1) is 77.9. The van der Waals surface area contributed by atoms with Crippen LogP contribution in [0, 0.1) is 0 Å². The van der Waals surface area contributed by atoms with Gasteiger partial charge in [-0.05, 0) is 0 Å². The molecule has 0 aromatic carbocycles. The molecule has 0 spiro atoms. The first-order valence-corrected chi connectivity index (χ1v) is 4.38. The molecule has 0 unspecified atom stereocenters. The van der Waals surface area contributed by atoms with Gasteiger partial charge in [-0.1, -0.05) is 0 Å². The number of hydrogen-bond acceptors (Lipinski definition) is 8. The molecule has 0 amide bonds. The van der Waals surface area contributed by atoms with Crippen LogP contribution >= 0.6 is 15.6 Å². The van der Waals surface area contributed by atoms with Gasteiger partial charge >= 0.3 is 113 Å². The van der Waals surface area contributed by atoms with Crippen molar-refractivity contribution >= 4 is 129 Å². The average molecular weight is 418 g/mol. The van der Waals surface area contributed by atoms with Crippen LogP contribution in [-0.2, 0) is 9.13 Å². The van der Waals surface area contributed by atoms with Crippen molar-refractivity contribution in [2.24, 2.45) is 0 Å². The summed E-state index contributed by atoms with van der Waals surface area (Å²) in [4.78, 5) is 51.3. The van der Waals surface area contributed by atoms with Gasteiger partial charge in [-0.3, -0.25) is 0 Å². The minimum Gasteiger partial charge on any atom is -0.822 e. The second-order valence-corrected chi connectivity index (χ2v) is 2.68. The Hall–Kier alpha value is 3.76. The first-order chi connectivity index (χ1) is 4.00. The molecule has 0 fully saturated rings. The predicted molar refractivity (Wildman–Crippen MR) is 54.2 cm³/mol. The minimum atomic E-state index is -5.39. The van der Waals surface area contributed by atoms with Crippen LogP contribution in [0.2, 0.25) is 0 Å². The summed E-state index contributed by atoms with van der Waals surface area (Å²) in [5.74, 6) is 0. The van der Waals surface area contributed by atoms with Crippen LogP contribution in [0.5, 0.6) is 0 Å². The van der Waals surface area contributed by atoms with Gasteiger partial charge in [0.15, 0.2) is 0 Å². The molecular formula is H12Ca3O14P2. The largest absolute Gasteiger partial charge is 2.00 e. The summed E-state index contributed by atoms with van der Waals surface area (Å²) in [6, 6.07) is 0. The quantitative estimate of drug-likeness (QED) is 0.267. The van der Waals surface area contributed by atoms with Gasteiger partial charge in [0, 0.05) is 0 Å². The Labute approximate surface area is 196 Å². The van der Waals surface area contributed by atoms with Crippen LogP contribution in [0.25, 0.3) is 0 Å². The van der Waals surface area contributed by atoms with E-state index in [1.807, 2.05) is 0 Å². The van der Waals surface area contributed by atoms with Gasteiger partial charge in [0.25, 0.3) is 0 Å². The standard InChI is InChI=1S/3Ca.2H3O4P.6H2O/c;;;2*1-5(2,3)4;;;;;;/h;;;2*(H3,1,2,3,4);6*1H2/q3*+2;;;;;;;;/p-6. The third-order valence-corrected chi connectivity index (χ3v) is 0. The summed E-state index contributed by atoms with van der Waals surface area (Å²) in [6.45, 7) is 0. The van der Waals surface area contributed by atoms with Gasteiger partial charge in [0.2, 0.25) is 0 Å². The molecule has 19 heavy (non-hydrogen) atoms. The van der Waals surface area contributed by atoms with Crippen molar-refractivity contribution in [3.05, 3.63) is 0 Å². The van der Waals surface area contributed by atoms with Gasteiger partial charge in [-0.25, -0.2) is 0 Å². The molecule has 19 heteroatoms. The summed E-state index contributed by atoms with van der Waals surface area (Å²) in [5.41, 5.74) is 0. The topological polar surface area (TPSA) is 362 Å². The molecule has 0 radical (unpaired) electrons. The van der Waals surface area contributed by atoms with Crippen LogP contribution in [-0.4, -0.2) is 146 Å². The molecule has 0 aliphatic rings. The Morgan fingerprint density at radius 3 is 0.421 bits per heavy atom. The van der Waals surface area contributed by atoms with E-state index in [9.17, 15) is 0 Å². The Morgan fingerprint density at radius 1 is 0.421 bits per heavy atom. The van der Waals surface area contributed by atoms with E-state index >= 15 is 0 Å². The fraction of sp³-hybridized carbons (Fsp3) is 0. The maximum Gasteiger partial charge on any atom is 2.00 e. The fourth-order valence-electron chi connectivity index (χ4n) is 0. The molecule has 0 rings (SSSR count). The Balaban J connectivity index is -0.00000000508. The smallest absolute Gasteiger partial charge is 0.822 e. The molecule has 0 aromatic rings.